The Morgan fingerprint density at radius 2 is 1.28 bits per heavy atom. The van der Waals surface area contributed by atoms with Gasteiger partial charge in [0.2, 0.25) is 23.6 Å². The fraction of sp³-hybridized carbons (Fsp3) is 0.345. The maximum Gasteiger partial charge on any atom is 0.334 e. The molecule has 2 heterocycles. The summed E-state index contributed by atoms with van der Waals surface area (Å²) in [5, 5.41) is 0.691. The van der Waals surface area contributed by atoms with Gasteiger partial charge in [0.15, 0.2) is 0 Å². The largest absolute Gasteiger partial charge is 0.463 e. The van der Waals surface area contributed by atoms with Gasteiger partial charge in [-0.25, -0.2) is 14.6 Å². The first-order valence-electron chi connectivity index (χ1n) is 12.7. The number of halogens is 2. The molecule has 1 saturated carbocycles. The Balaban J connectivity index is 1.55. The van der Waals surface area contributed by atoms with Gasteiger partial charge in [0.05, 0.1) is 41.7 Å². The lowest BCUT2D eigenvalue weighted by atomic mass is 9.43. The molecule has 2 aliphatic heterocycles. The van der Waals surface area contributed by atoms with Crippen molar-refractivity contribution in [3.63, 3.8) is 0 Å². The van der Waals surface area contributed by atoms with Gasteiger partial charge in [0, 0.05) is 27.0 Å². The Kier molecular flexibility index (Phi) is 5.79. The van der Waals surface area contributed by atoms with Crippen molar-refractivity contribution in [1.82, 2.24) is 0 Å². The van der Waals surface area contributed by atoms with Crippen molar-refractivity contribution in [2.24, 2.45) is 35.0 Å². The molecule has 2 saturated heterocycles. The monoisotopic (exact) mass is 566 g/mol. The summed E-state index contributed by atoms with van der Waals surface area (Å²) in [4.78, 5) is 71.8. The molecule has 5 aliphatic rings. The molecule has 0 spiro atoms. The van der Waals surface area contributed by atoms with Crippen LogP contribution in [0.4, 0.5) is 11.4 Å². The number of carbonyl (C=O) groups is 5. The molecule has 0 aromatic heterocycles. The smallest absolute Gasteiger partial charge is 0.334 e. The van der Waals surface area contributed by atoms with Gasteiger partial charge in [0.1, 0.15) is 0 Å². The van der Waals surface area contributed by atoms with Crippen LogP contribution in [0.15, 0.2) is 59.7 Å². The second kappa shape index (κ2) is 8.76. The molecule has 0 radical (unpaired) electrons. The summed E-state index contributed by atoms with van der Waals surface area (Å²) >= 11 is 12.3. The number of hydrogen-bond donors (Lipinski definition) is 0. The lowest BCUT2D eigenvalue weighted by molar-refractivity contribution is -0.155. The van der Waals surface area contributed by atoms with E-state index in [4.69, 9.17) is 27.9 Å². The van der Waals surface area contributed by atoms with Crippen molar-refractivity contribution in [2.75, 3.05) is 16.4 Å². The average Bonchev–Trinajstić information content (AvgIpc) is 3.30. The third kappa shape index (κ3) is 3.28. The first kappa shape index (κ1) is 25.8. The molecule has 4 amide bonds. The van der Waals surface area contributed by atoms with E-state index in [0.717, 1.165) is 9.80 Å². The fourth-order valence-corrected chi connectivity index (χ4v) is 7.92. The van der Waals surface area contributed by atoms with Crippen LogP contribution in [0, 0.1) is 35.0 Å². The standard InChI is InChI=1S/C29H24Cl2N2O6/c1-4-39-28(38)21-13(2)18-19-22(26(36)32(24(19)34)16-9-5-7-14(30)11-16)29(21,3)23-20(18)25(35)33(27(23)37)17-10-6-8-15(31)12-17/h5-12,18-20,22-23H,4H2,1-3H3/t18?,19-,20+,22-,23+,29?. The molecular weight excluding hydrogens is 543 g/mol. The Bertz CT molecular complexity index is 1440. The van der Waals surface area contributed by atoms with Crippen LogP contribution in [0.25, 0.3) is 0 Å². The number of esters is 1. The number of rotatable bonds is 4. The average molecular weight is 567 g/mol. The summed E-state index contributed by atoms with van der Waals surface area (Å²) in [6.07, 6.45) is 0. The Morgan fingerprint density at radius 3 is 1.69 bits per heavy atom. The van der Waals surface area contributed by atoms with Crippen LogP contribution < -0.4 is 9.80 Å². The quantitative estimate of drug-likeness (QED) is 0.400. The number of carbonyl (C=O) groups excluding carboxylic acids is 5. The van der Waals surface area contributed by atoms with Crippen LogP contribution >= 0.6 is 23.2 Å². The highest BCUT2D eigenvalue weighted by molar-refractivity contribution is 6.32. The first-order valence-corrected chi connectivity index (χ1v) is 13.4. The number of allylic oxidation sites excluding steroid dienone is 1. The fourth-order valence-electron chi connectivity index (χ4n) is 7.55. The highest BCUT2D eigenvalue weighted by Gasteiger charge is 2.77. The minimum atomic E-state index is -1.47. The van der Waals surface area contributed by atoms with Crippen molar-refractivity contribution >= 4 is 64.2 Å². The van der Waals surface area contributed by atoms with Crippen LogP contribution in [0.1, 0.15) is 20.8 Å². The van der Waals surface area contributed by atoms with Crippen LogP contribution in [-0.2, 0) is 28.7 Å². The van der Waals surface area contributed by atoms with Crippen LogP contribution in [0.5, 0.6) is 0 Å². The molecule has 200 valence electrons. The highest BCUT2D eigenvalue weighted by Crippen LogP contribution is 2.68. The van der Waals surface area contributed by atoms with Crippen LogP contribution in [0.3, 0.4) is 0 Å². The molecule has 10 heteroatoms. The lowest BCUT2D eigenvalue weighted by Crippen LogP contribution is -2.61. The predicted molar refractivity (Wildman–Crippen MR) is 143 cm³/mol. The van der Waals surface area contributed by atoms with Gasteiger partial charge in [0.25, 0.3) is 0 Å². The van der Waals surface area contributed by atoms with Gasteiger partial charge >= 0.3 is 5.97 Å². The SMILES string of the molecule is CCOC(=O)C1=C(C)C2[C@H]3C(=O)N(c4cccc(Cl)c4)C(=O)[C@@H]3C1(C)[C@@H]1C(=O)N(c3cccc(Cl)c3)C(=O)[C@@H]21. The number of imide groups is 2. The number of anilines is 2. The minimum Gasteiger partial charge on any atom is -0.463 e. The van der Waals surface area contributed by atoms with Crippen molar-refractivity contribution in [2.45, 2.75) is 20.8 Å². The normalized spacial score (nSPS) is 31.3. The molecular formula is C29H24Cl2N2O6. The molecule has 2 aromatic rings. The maximum absolute atomic E-state index is 14.1. The summed E-state index contributed by atoms with van der Waals surface area (Å²) in [5.74, 6) is -7.48. The minimum absolute atomic E-state index is 0.0849. The van der Waals surface area contributed by atoms with E-state index < -0.39 is 64.6 Å². The number of amides is 4. The van der Waals surface area contributed by atoms with Crippen molar-refractivity contribution in [3.8, 4) is 0 Å². The third-order valence-corrected chi connectivity index (χ3v) is 9.28. The number of benzene rings is 2. The first-order chi connectivity index (χ1) is 18.5. The van der Waals surface area contributed by atoms with Crippen LogP contribution in [-0.4, -0.2) is 36.2 Å². The molecule has 39 heavy (non-hydrogen) atoms. The van der Waals surface area contributed by atoms with Crippen molar-refractivity contribution in [3.05, 3.63) is 69.7 Å². The summed E-state index contributed by atoms with van der Waals surface area (Å²) in [7, 11) is 0. The van der Waals surface area contributed by atoms with Gasteiger partial charge in [-0.3, -0.25) is 19.2 Å². The van der Waals surface area contributed by atoms with E-state index in [9.17, 15) is 24.0 Å². The van der Waals surface area contributed by atoms with E-state index in [1.807, 2.05) is 0 Å². The van der Waals surface area contributed by atoms with E-state index in [2.05, 4.69) is 0 Å². The van der Waals surface area contributed by atoms with E-state index in [-0.39, 0.29) is 12.2 Å². The summed E-state index contributed by atoms with van der Waals surface area (Å²) in [6.45, 7) is 5.09. The third-order valence-electron chi connectivity index (χ3n) is 8.81. The Labute approximate surface area is 234 Å². The molecule has 0 N–H and O–H groups in total. The lowest BCUT2D eigenvalue weighted by Gasteiger charge is -2.55. The van der Waals surface area contributed by atoms with Gasteiger partial charge in [-0.2, -0.15) is 0 Å². The predicted octanol–water partition coefficient (Wildman–Crippen LogP) is 4.43. The van der Waals surface area contributed by atoms with E-state index in [0.29, 0.717) is 27.0 Å². The number of nitrogens with zero attached hydrogens (tertiary/aromatic N) is 2. The van der Waals surface area contributed by atoms with Crippen LogP contribution in [0.2, 0.25) is 10.0 Å². The zero-order valence-corrected chi connectivity index (χ0v) is 22.8. The molecule has 2 unspecified atom stereocenters. The van der Waals surface area contributed by atoms with Crippen molar-refractivity contribution < 1.29 is 28.7 Å². The second-order valence-electron chi connectivity index (χ2n) is 10.6. The van der Waals surface area contributed by atoms with Gasteiger partial charge < -0.3 is 4.74 Å². The van der Waals surface area contributed by atoms with Gasteiger partial charge in [-0.1, -0.05) is 47.8 Å². The summed E-state index contributed by atoms with van der Waals surface area (Å²) in [6, 6.07) is 12.8. The highest BCUT2D eigenvalue weighted by atomic mass is 35.5. The topological polar surface area (TPSA) is 101 Å². The molecule has 2 bridgehead atoms. The molecule has 6 atom stereocenters. The number of ether oxygens (including phenoxy) is 1. The van der Waals surface area contributed by atoms with Crippen molar-refractivity contribution in [1.29, 1.82) is 0 Å². The van der Waals surface area contributed by atoms with E-state index in [1.54, 1.807) is 57.2 Å². The zero-order valence-electron chi connectivity index (χ0n) is 21.3. The molecule has 7 rings (SSSR count). The second-order valence-corrected chi connectivity index (χ2v) is 11.5. The summed E-state index contributed by atoms with van der Waals surface area (Å²) < 4.78 is 5.39. The molecule has 2 aromatic carbocycles. The van der Waals surface area contributed by atoms with E-state index in [1.165, 1.54) is 12.1 Å². The Morgan fingerprint density at radius 1 is 0.821 bits per heavy atom. The van der Waals surface area contributed by atoms with Gasteiger partial charge in [-0.15, -0.1) is 0 Å². The molecule has 8 nitrogen and oxygen atoms in total. The Hall–Kier alpha value is -3.49. The zero-order chi connectivity index (χ0) is 28.0. The van der Waals surface area contributed by atoms with Gasteiger partial charge in [-0.05, 0) is 50.2 Å². The number of hydrogen-bond acceptors (Lipinski definition) is 6. The summed E-state index contributed by atoms with van der Waals surface area (Å²) in [5.41, 5.74) is -0.176. The molecule has 3 aliphatic carbocycles. The maximum atomic E-state index is 14.1. The van der Waals surface area contributed by atoms with E-state index >= 15 is 0 Å². The molecule has 3 fully saturated rings.